The first-order chi connectivity index (χ1) is 16.7. The van der Waals surface area contributed by atoms with Crippen LogP contribution in [0, 0.1) is 0 Å². The molecule has 2 amide bonds. The lowest BCUT2D eigenvalue weighted by Gasteiger charge is -2.40. The lowest BCUT2D eigenvalue weighted by molar-refractivity contribution is -0.142. The summed E-state index contributed by atoms with van der Waals surface area (Å²) in [6, 6.07) is 4.51. The van der Waals surface area contributed by atoms with Gasteiger partial charge in [-0.15, -0.1) is 0 Å². The zero-order chi connectivity index (χ0) is 25.4. The molecule has 0 spiro atoms. The molecule has 1 fully saturated rings. The number of piperazine rings is 1. The Morgan fingerprint density at radius 3 is 2.54 bits per heavy atom. The fourth-order valence-electron chi connectivity index (χ4n) is 4.27. The number of nitrogens with zero attached hydrogens (tertiary/aromatic N) is 4. The van der Waals surface area contributed by atoms with E-state index in [0.717, 1.165) is 31.4 Å². The van der Waals surface area contributed by atoms with Crippen molar-refractivity contribution in [3.63, 3.8) is 0 Å². The Kier molecular flexibility index (Phi) is 9.28. The molecule has 1 aromatic heterocycles. The summed E-state index contributed by atoms with van der Waals surface area (Å²) in [7, 11) is 0. The van der Waals surface area contributed by atoms with Crippen molar-refractivity contribution in [3.8, 4) is 11.5 Å². The van der Waals surface area contributed by atoms with E-state index in [4.69, 9.17) is 4.52 Å². The summed E-state index contributed by atoms with van der Waals surface area (Å²) in [5.41, 5.74) is -0.680. The smallest absolute Gasteiger partial charge is 0.338 e. The number of hydrogen-bond acceptors (Lipinski definition) is 5. The van der Waals surface area contributed by atoms with E-state index in [1.165, 1.54) is 31.4 Å². The van der Waals surface area contributed by atoms with Gasteiger partial charge in [0.15, 0.2) is 5.82 Å². The number of alkyl halides is 3. The Morgan fingerprint density at radius 1 is 1.09 bits per heavy atom. The number of halogens is 3. The van der Waals surface area contributed by atoms with Gasteiger partial charge in [-0.1, -0.05) is 50.3 Å². The SMILES string of the molecule is CCCCCCCCC(=O)N1CCN(C(=O)Cc2noc(-c3cccc(C(F)(F)F)c3)n2)CC1C. The molecule has 1 saturated heterocycles. The summed E-state index contributed by atoms with van der Waals surface area (Å²) in [4.78, 5) is 33.0. The first-order valence-electron chi connectivity index (χ1n) is 12.3. The molecular weight excluding hydrogens is 461 g/mol. The summed E-state index contributed by atoms with van der Waals surface area (Å²) < 4.78 is 44.0. The number of hydrogen-bond donors (Lipinski definition) is 0. The van der Waals surface area contributed by atoms with E-state index in [1.807, 2.05) is 11.8 Å². The number of amides is 2. The molecule has 192 valence electrons. The Balaban J connectivity index is 1.49. The molecule has 7 nitrogen and oxygen atoms in total. The van der Waals surface area contributed by atoms with Crippen LogP contribution in [-0.4, -0.2) is 57.4 Å². The maximum atomic E-state index is 13.0. The van der Waals surface area contributed by atoms with Crippen LogP contribution in [0.15, 0.2) is 28.8 Å². The fraction of sp³-hybridized carbons (Fsp3) is 0.600. The van der Waals surface area contributed by atoms with Crippen molar-refractivity contribution < 1.29 is 27.3 Å². The van der Waals surface area contributed by atoms with Gasteiger partial charge >= 0.3 is 6.18 Å². The predicted octanol–water partition coefficient (Wildman–Crippen LogP) is 5.11. The monoisotopic (exact) mass is 494 g/mol. The molecule has 1 unspecified atom stereocenters. The predicted molar refractivity (Wildman–Crippen MR) is 124 cm³/mol. The minimum atomic E-state index is -4.48. The Hall–Kier alpha value is -2.91. The highest BCUT2D eigenvalue weighted by atomic mass is 19.4. The lowest BCUT2D eigenvalue weighted by atomic mass is 10.1. The van der Waals surface area contributed by atoms with Crippen LogP contribution in [0.3, 0.4) is 0 Å². The van der Waals surface area contributed by atoms with Gasteiger partial charge in [-0.05, 0) is 31.5 Å². The summed E-state index contributed by atoms with van der Waals surface area (Å²) >= 11 is 0. The van der Waals surface area contributed by atoms with Crippen molar-refractivity contribution in [1.29, 1.82) is 0 Å². The minimum Gasteiger partial charge on any atom is -0.338 e. The zero-order valence-corrected chi connectivity index (χ0v) is 20.3. The third-order valence-corrected chi connectivity index (χ3v) is 6.26. The molecule has 0 radical (unpaired) electrons. The second kappa shape index (κ2) is 12.2. The Labute approximate surface area is 203 Å². The zero-order valence-electron chi connectivity index (χ0n) is 20.3. The van der Waals surface area contributed by atoms with Crippen molar-refractivity contribution in [2.75, 3.05) is 19.6 Å². The molecule has 1 aliphatic heterocycles. The van der Waals surface area contributed by atoms with Gasteiger partial charge in [0.25, 0.3) is 5.89 Å². The van der Waals surface area contributed by atoms with E-state index in [0.29, 0.717) is 26.1 Å². The van der Waals surface area contributed by atoms with Crippen molar-refractivity contribution >= 4 is 11.8 Å². The van der Waals surface area contributed by atoms with Crippen LogP contribution in [0.5, 0.6) is 0 Å². The topological polar surface area (TPSA) is 79.5 Å². The van der Waals surface area contributed by atoms with Gasteiger partial charge in [-0.2, -0.15) is 18.2 Å². The van der Waals surface area contributed by atoms with E-state index >= 15 is 0 Å². The molecule has 1 atom stereocenters. The van der Waals surface area contributed by atoms with Crippen LogP contribution in [0.4, 0.5) is 13.2 Å². The van der Waals surface area contributed by atoms with Crippen LogP contribution >= 0.6 is 0 Å². The minimum absolute atomic E-state index is 0.0719. The van der Waals surface area contributed by atoms with Gasteiger partial charge in [-0.3, -0.25) is 9.59 Å². The number of carbonyl (C=O) groups excluding carboxylic acids is 2. The summed E-state index contributed by atoms with van der Waals surface area (Å²) in [6.07, 6.45) is 2.68. The number of rotatable bonds is 10. The number of aromatic nitrogens is 2. The van der Waals surface area contributed by atoms with Crippen LogP contribution in [0.25, 0.3) is 11.5 Å². The standard InChI is InChI=1S/C25H33F3N4O3/c1-3-4-5-6-7-8-12-22(33)32-14-13-31(17-18(32)2)23(34)16-21-29-24(35-30-21)19-10-9-11-20(15-19)25(26,27)28/h9-11,15,18H,3-8,12-14,16-17H2,1-2H3. The quantitative estimate of drug-likeness (QED) is 0.429. The average Bonchev–Trinajstić information content (AvgIpc) is 3.29. The number of unbranched alkanes of at least 4 members (excludes halogenated alkanes) is 5. The van der Waals surface area contributed by atoms with Crippen molar-refractivity contribution in [2.45, 2.75) is 77.4 Å². The summed E-state index contributed by atoms with van der Waals surface area (Å²) in [5, 5.41) is 3.76. The van der Waals surface area contributed by atoms with E-state index in [-0.39, 0.29) is 41.6 Å². The molecule has 0 saturated carbocycles. The second-order valence-corrected chi connectivity index (χ2v) is 9.06. The molecule has 1 aromatic carbocycles. The number of carbonyl (C=O) groups is 2. The maximum absolute atomic E-state index is 13.0. The second-order valence-electron chi connectivity index (χ2n) is 9.06. The van der Waals surface area contributed by atoms with Crippen LogP contribution in [0.1, 0.15) is 70.2 Å². The van der Waals surface area contributed by atoms with Crippen molar-refractivity contribution in [2.24, 2.45) is 0 Å². The summed E-state index contributed by atoms with van der Waals surface area (Å²) in [6.45, 7) is 5.42. The fourth-order valence-corrected chi connectivity index (χ4v) is 4.27. The molecule has 0 aliphatic carbocycles. The average molecular weight is 495 g/mol. The van der Waals surface area contributed by atoms with Gasteiger partial charge in [0, 0.05) is 37.7 Å². The maximum Gasteiger partial charge on any atom is 0.416 e. The molecule has 3 rings (SSSR count). The van der Waals surface area contributed by atoms with Gasteiger partial charge in [0.05, 0.1) is 12.0 Å². The highest BCUT2D eigenvalue weighted by molar-refractivity contribution is 5.80. The largest absolute Gasteiger partial charge is 0.416 e. The Morgan fingerprint density at radius 2 is 1.83 bits per heavy atom. The first kappa shape index (κ1) is 26.7. The number of benzene rings is 1. The van der Waals surface area contributed by atoms with E-state index in [9.17, 15) is 22.8 Å². The van der Waals surface area contributed by atoms with Gasteiger partial charge < -0.3 is 14.3 Å². The third kappa shape index (κ3) is 7.53. The Bertz CT molecular complexity index is 992. The lowest BCUT2D eigenvalue weighted by Crippen LogP contribution is -2.55. The molecule has 1 aliphatic rings. The first-order valence-corrected chi connectivity index (χ1v) is 12.3. The third-order valence-electron chi connectivity index (χ3n) is 6.26. The van der Waals surface area contributed by atoms with Crippen LogP contribution in [0.2, 0.25) is 0 Å². The molecule has 10 heteroatoms. The van der Waals surface area contributed by atoms with Gasteiger partial charge in [-0.25, -0.2) is 0 Å². The van der Waals surface area contributed by atoms with Crippen LogP contribution in [-0.2, 0) is 22.2 Å². The van der Waals surface area contributed by atoms with Gasteiger partial charge in [0.1, 0.15) is 0 Å². The van der Waals surface area contributed by atoms with Crippen LogP contribution < -0.4 is 0 Å². The van der Waals surface area contributed by atoms with Gasteiger partial charge in [0.2, 0.25) is 11.8 Å². The van der Waals surface area contributed by atoms with E-state index in [1.54, 1.807) is 4.90 Å². The van der Waals surface area contributed by atoms with E-state index in [2.05, 4.69) is 17.1 Å². The highest BCUT2D eigenvalue weighted by Crippen LogP contribution is 2.31. The highest BCUT2D eigenvalue weighted by Gasteiger charge is 2.32. The molecule has 2 heterocycles. The van der Waals surface area contributed by atoms with Crippen molar-refractivity contribution in [3.05, 3.63) is 35.7 Å². The molecule has 0 N–H and O–H groups in total. The molecule has 2 aromatic rings. The molecule has 35 heavy (non-hydrogen) atoms. The summed E-state index contributed by atoms with van der Waals surface area (Å²) in [5.74, 6) is -0.0470. The molecular formula is C25H33F3N4O3. The molecule has 0 bridgehead atoms. The van der Waals surface area contributed by atoms with E-state index < -0.39 is 11.7 Å². The van der Waals surface area contributed by atoms with Crippen molar-refractivity contribution in [1.82, 2.24) is 19.9 Å². The normalized spacial score (nSPS) is 16.5.